The average Bonchev–Trinajstić information content (AvgIpc) is 3.25. The highest BCUT2D eigenvalue weighted by Gasteiger charge is 2.33. The Balaban J connectivity index is 1.54. The zero-order valence-corrected chi connectivity index (χ0v) is 15.8. The maximum absolute atomic E-state index is 12.7. The van der Waals surface area contributed by atoms with Gasteiger partial charge in [-0.15, -0.1) is 0 Å². The minimum absolute atomic E-state index is 0.0153. The average molecular weight is 357 g/mol. The van der Waals surface area contributed by atoms with Gasteiger partial charge in [-0.1, -0.05) is 22.4 Å². The minimum Gasteiger partial charge on any atom is -0.494 e. The lowest BCUT2D eigenvalue weighted by atomic mass is 10.0. The van der Waals surface area contributed by atoms with E-state index in [1.165, 1.54) is 5.56 Å². The number of ether oxygens (including phenoxy) is 1. The topological polar surface area (TPSA) is 68.5 Å². The van der Waals surface area contributed by atoms with Crippen LogP contribution in [-0.2, 0) is 11.2 Å². The molecule has 0 radical (unpaired) electrons. The number of benzene rings is 1. The highest BCUT2D eigenvalue weighted by molar-refractivity contribution is 5.77. The maximum atomic E-state index is 12.7. The molecule has 0 aliphatic carbocycles. The summed E-state index contributed by atoms with van der Waals surface area (Å²) in [5.74, 6) is 1.13. The SMILES string of the molecule is CCOc1ccc(CCCC(=O)N2CCC[C@@H]2c2nonc2C)cc1C. The van der Waals surface area contributed by atoms with Gasteiger partial charge in [0.2, 0.25) is 5.91 Å². The first-order chi connectivity index (χ1) is 12.6. The van der Waals surface area contributed by atoms with Crippen molar-refractivity contribution < 1.29 is 14.2 Å². The van der Waals surface area contributed by atoms with Crippen LogP contribution in [-0.4, -0.2) is 34.3 Å². The Morgan fingerprint density at radius 3 is 2.88 bits per heavy atom. The van der Waals surface area contributed by atoms with Crippen molar-refractivity contribution in [1.82, 2.24) is 15.2 Å². The lowest BCUT2D eigenvalue weighted by Gasteiger charge is -2.23. The summed E-state index contributed by atoms with van der Waals surface area (Å²) in [6.45, 7) is 7.38. The van der Waals surface area contributed by atoms with Gasteiger partial charge in [0, 0.05) is 13.0 Å². The molecule has 1 fully saturated rings. The van der Waals surface area contributed by atoms with Crippen LogP contribution in [0.2, 0.25) is 0 Å². The molecule has 1 atom stereocenters. The van der Waals surface area contributed by atoms with Gasteiger partial charge in [-0.3, -0.25) is 4.79 Å². The highest BCUT2D eigenvalue weighted by Crippen LogP contribution is 2.32. The molecular weight excluding hydrogens is 330 g/mol. The summed E-state index contributed by atoms with van der Waals surface area (Å²) in [7, 11) is 0. The molecule has 1 saturated heterocycles. The predicted octanol–water partition coefficient (Wildman–Crippen LogP) is 3.77. The third kappa shape index (κ3) is 4.06. The summed E-state index contributed by atoms with van der Waals surface area (Å²) in [5.41, 5.74) is 3.97. The van der Waals surface area contributed by atoms with Gasteiger partial charge in [0.05, 0.1) is 12.6 Å². The molecule has 3 rings (SSSR count). The van der Waals surface area contributed by atoms with Crippen molar-refractivity contribution in [1.29, 1.82) is 0 Å². The second kappa shape index (κ2) is 8.34. The number of amides is 1. The van der Waals surface area contributed by atoms with Crippen LogP contribution < -0.4 is 4.74 Å². The van der Waals surface area contributed by atoms with Gasteiger partial charge in [-0.2, -0.15) is 0 Å². The van der Waals surface area contributed by atoms with E-state index in [1.807, 2.05) is 24.8 Å². The predicted molar refractivity (Wildman–Crippen MR) is 98.0 cm³/mol. The van der Waals surface area contributed by atoms with Crippen LogP contribution in [0.5, 0.6) is 5.75 Å². The first-order valence-electron chi connectivity index (χ1n) is 9.41. The molecule has 0 bridgehead atoms. The molecule has 1 amide bonds. The number of aryl methyl sites for hydroxylation is 3. The second-order valence-corrected chi connectivity index (χ2v) is 6.87. The van der Waals surface area contributed by atoms with Crippen molar-refractivity contribution in [2.75, 3.05) is 13.2 Å². The molecule has 1 aliphatic rings. The first kappa shape index (κ1) is 18.4. The van der Waals surface area contributed by atoms with E-state index < -0.39 is 0 Å². The molecule has 1 aromatic heterocycles. The summed E-state index contributed by atoms with van der Waals surface area (Å²) in [6.07, 6.45) is 4.21. The molecule has 0 unspecified atom stereocenters. The fourth-order valence-electron chi connectivity index (χ4n) is 3.66. The summed E-state index contributed by atoms with van der Waals surface area (Å²) >= 11 is 0. The first-order valence-corrected chi connectivity index (χ1v) is 9.41. The Morgan fingerprint density at radius 2 is 2.19 bits per heavy atom. The van der Waals surface area contributed by atoms with Crippen LogP contribution in [0.3, 0.4) is 0 Å². The number of hydrogen-bond donors (Lipinski definition) is 0. The molecule has 6 heteroatoms. The zero-order valence-electron chi connectivity index (χ0n) is 15.8. The monoisotopic (exact) mass is 357 g/mol. The van der Waals surface area contributed by atoms with Crippen LogP contribution >= 0.6 is 0 Å². The van der Waals surface area contributed by atoms with Gasteiger partial charge >= 0.3 is 0 Å². The molecule has 1 aliphatic heterocycles. The lowest BCUT2D eigenvalue weighted by Crippen LogP contribution is -2.30. The number of carbonyl (C=O) groups is 1. The molecule has 0 spiro atoms. The quantitative estimate of drug-likeness (QED) is 0.754. The van der Waals surface area contributed by atoms with E-state index in [-0.39, 0.29) is 11.9 Å². The van der Waals surface area contributed by atoms with Crippen LogP contribution in [0.1, 0.15) is 61.2 Å². The van der Waals surface area contributed by atoms with Crippen molar-refractivity contribution in [3.05, 3.63) is 40.7 Å². The number of rotatable bonds is 7. The van der Waals surface area contributed by atoms with Crippen molar-refractivity contribution in [3.8, 4) is 5.75 Å². The van der Waals surface area contributed by atoms with Crippen molar-refractivity contribution in [3.63, 3.8) is 0 Å². The van der Waals surface area contributed by atoms with Crippen LogP contribution in [0.15, 0.2) is 22.8 Å². The molecule has 6 nitrogen and oxygen atoms in total. The summed E-state index contributed by atoms with van der Waals surface area (Å²) < 4.78 is 10.4. The van der Waals surface area contributed by atoms with E-state index in [0.717, 1.165) is 54.9 Å². The van der Waals surface area contributed by atoms with Gasteiger partial charge in [0.25, 0.3) is 0 Å². The van der Waals surface area contributed by atoms with Crippen LogP contribution in [0.4, 0.5) is 0 Å². The molecule has 0 N–H and O–H groups in total. The largest absolute Gasteiger partial charge is 0.494 e. The molecule has 1 aromatic carbocycles. The van der Waals surface area contributed by atoms with Gasteiger partial charge in [-0.25, -0.2) is 4.63 Å². The van der Waals surface area contributed by atoms with Gasteiger partial charge in [0.1, 0.15) is 17.1 Å². The third-order valence-corrected chi connectivity index (χ3v) is 4.97. The number of carbonyl (C=O) groups excluding carboxylic acids is 1. The van der Waals surface area contributed by atoms with Gasteiger partial charge in [0.15, 0.2) is 0 Å². The standard InChI is InChI=1S/C20H27N3O3/c1-4-25-18-11-10-16(13-14(18)2)7-5-9-19(24)23-12-6-8-17(23)20-15(3)21-26-22-20/h10-11,13,17H,4-9,12H2,1-3H3/t17-/m1/s1. The molecule has 0 saturated carbocycles. The molecule has 26 heavy (non-hydrogen) atoms. The van der Waals surface area contributed by atoms with E-state index in [2.05, 4.69) is 29.4 Å². The van der Waals surface area contributed by atoms with Crippen LogP contribution in [0.25, 0.3) is 0 Å². The summed E-state index contributed by atoms with van der Waals surface area (Å²) in [4.78, 5) is 14.6. The number of aromatic nitrogens is 2. The molecule has 2 aromatic rings. The van der Waals surface area contributed by atoms with Gasteiger partial charge in [-0.05, 0) is 63.6 Å². The second-order valence-electron chi connectivity index (χ2n) is 6.87. The summed E-state index contributed by atoms with van der Waals surface area (Å²) in [5, 5.41) is 7.85. The molecule has 2 heterocycles. The lowest BCUT2D eigenvalue weighted by molar-refractivity contribution is -0.132. The van der Waals surface area contributed by atoms with E-state index >= 15 is 0 Å². The Hall–Kier alpha value is -2.37. The Labute approximate surface area is 154 Å². The van der Waals surface area contributed by atoms with Crippen molar-refractivity contribution >= 4 is 5.91 Å². The Morgan fingerprint density at radius 1 is 1.35 bits per heavy atom. The summed E-state index contributed by atoms with van der Waals surface area (Å²) in [6, 6.07) is 6.28. The van der Waals surface area contributed by atoms with Crippen LogP contribution in [0, 0.1) is 13.8 Å². The van der Waals surface area contributed by atoms with Crippen molar-refractivity contribution in [2.45, 2.75) is 58.9 Å². The van der Waals surface area contributed by atoms with E-state index in [1.54, 1.807) is 0 Å². The fraction of sp³-hybridized carbons (Fsp3) is 0.550. The molecule has 140 valence electrons. The molecular formula is C20H27N3O3. The zero-order chi connectivity index (χ0) is 18.5. The van der Waals surface area contributed by atoms with Crippen molar-refractivity contribution in [2.24, 2.45) is 0 Å². The number of likely N-dealkylation sites (tertiary alicyclic amines) is 1. The van der Waals surface area contributed by atoms with Gasteiger partial charge < -0.3 is 9.64 Å². The third-order valence-electron chi connectivity index (χ3n) is 4.97. The number of nitrogens with zero attached hydrogens (tertiary/aromatic N) is 3. The van der Waals surface area contributed by atoms with E-state index in [4.69, 9.17) is 9.37 Å². The normalized spacial score (nSPS) is 16.9. The van der Waals surface area contributed by atoms with E-state index in [0.29, 0.717) is 13.0 Å². The fourth-order valence-corrected chi connectivity index (χ4v) is 3.66. The Kier molecular flexibility index (Phi) is 5.91. The Bertz CT molecular complexity index is 757. The highest BCUT2D eigenvalue weighted by atomic mass is 16.6. The maximum Gasteiger partial charge on any atom is 0.223 e. The number of hydrogen-bond acceptors (Lipinski definition) is 5. The minimum atomic E-state index is 0.0153. The smallest absolute Gasteiger partial charge is 0.223 e. The van der Waals surface area contributed by atoms with E-state index in [9.17, 15) is 4.79 Å².